The first-order valence-corrected chi connectivity index (χ1v) is 9.67. The summed E-state index contributed by atoms with van der Waals surface area (Å²) in [6.07, 6.45) is 4.59. The molecule has 0 saturated carbocycles. The van der Waals surface area contributed by atoms with Gasteiger partial charge in [-0.3, -0.25) is 9.78 Å². The van der Waals surface area contributed by atoms with E-state index in [4.69, 9.17) is 9.47 Å². The van der Waals surface area contributed by atoms with Crippen molar-refractivity contribution in [2.45, 2.75) is 25.8 Å². The van der Waals surface area contributed by atoms with Crippen LogP contribution in [0.3, 0.4) is 0 Å². The highest BCUT2D eigenvalue weighted by atomic mass is 16.6. The summed E-state index contributed by atoms with van der Waals surface area (Å²) >= 11 is 0. The number of carbonyl (C=O) groups is 2. The number of anilines is 2. The molecule has 8 nitrogen and oxygen atoms in total. The number of piperidine rings is 1. The van der Waals surface area contributed by atoms with Crippen LogP contribution in [0.25, 0.3) is 0 Å². The molecule has 1 saturated heterocycles. The standard InChI is InChI=1S/C21H26N4O4/c1-3-29-21(27)25-10-8-17(9-11-25)23-18-12-15(13-22-14-18)20(26)24-16-4-6-19(28-2)7-5-16/h4-7,12-14,17,23H,3,8-11H2,1-2H3,(H,24,26). The number of amides is 2. The van der Waals surface area contributed by atoms with Crippen LogP contribution < -0.4 is 15.4 Å². The van der Waals surface area contributed by atoms with E-state index in [1.165, 1.54) is 6.20 Å². The van der Waals surface area contributed by atoms with E-state index in [2.05, 4.69) is 15.6 Å². The van der Waals surface area contributed by atoms with Crippen molar-refractivity contribution in [2.24, 2.45) is 0 Å². The molecule has 1 aromatic carbocycles. The van der Waals surface area contributed by atoms with Gasteiger partial charge in [0.1, 0.15) is 5.75 Å². The van der Waals surface area contributed by atoms with Crippen LogP contribution in [-0.4, -0.2) is 54.7 Å². The number of pyridine rings is 1. The smallest absolute Gasteiger partial charge is 0.409 e. The van der Waals surface area contributed by atoms with Crippen molar-refractivity contribution in [1.29, 1.82) is 0 Å². The van der Waals surface area contributed by atoms with Crippen LogP contribution >= 0.6 is 0 Å². The first-order chi connectivity index (χ1) is 14.1. The highest BCUT2D eigenvalue weighted by Gasteiger charge is 2.23. The van der Waals surface area contributed by atoms with Crippen LogP contribution in [0.15, 0.2) is 42.7 Å². The van der Waals surface area contributed by atoms with Crippen molar-refractivity contribution in [3.05, 3.63) is 48.3 Å². The van der Waals surface area contributed by atoms with E-state index in [0.29, 0.717) is 30.9 Å². The zero-order chi connectivity index (χ0) is 20.6. The molecule has 0 atom stereocenters. The van der Waals surface area contributed by atoms with Crippen LogP contribution in [0.4, 0.5) is 16.2 Å². The van der Waals surface area contributed by atoms with Crippen molar-refractivity contribution in [3.63, 3.8) is 0 Å². The third kappa shape index (κ3) is 5.60. The molecular weight excluding hydrogens is 372 g/mol. The van der Waals surface area contributed by atoms with Gasteiger partial charge in [-0.25, -0.2) is 4.79 Å². The van der Waals surface area contributed by atoms with Gasteiger partial charge in [-0.1, -0.05) is 0 Å². The van der Waals surface area contributed by atoms with Gasteiger partial charge < -0.3 is 25.0 Å². The first kappa shape index (κ1) is 20.4. The average molecular weight is 398 g/mol. The number of hydrogen-bond acceptors (Lipinski definition) is 6. The second-order valence-corrected chi connectivity index (χ2v) is 6.75. The van der Waals surface area contributed by atoms with Gasteiger partial charge in [-0.15, -0.1) is 0 Å². The normalized spacial score (nSPS) is 14.2. The van der Waals surface area contributed by atoms with Gasteiger partial charge in [0, 0.05) is 37.2 Å². The van der Waals surface area contributed by atoms with Crippen molar-refractivity contribution in [2.75, 3.05) is 37.4 Å². The van der Waals surface area contributed by atoms with Gasteiger partial charge in [0.05, 0.1) is 25.0 Å². The maximum atomic E-state index is 12.5. The number of nitrogens with one attached hydrogen (secondary N) is 2. The summed E-state index contributed by atoms with van der Waals surface area (Å²) in [5.74, 6) is 0.494. The van der Waals surface area contributed by atoms with Crippen LogP contribution in [0.1, 0.15) is 30.1 Å². The Kier molecular flexibility index (Phi) is 6.89. The molecule has 1 fully saturated rings. The number of carbonyl (C=O) groups excluding carboxylic acids is 2. The highest BCUT2D eigenvalue weighted by molar-refractivity contribution is 6.04. The second kappa shape index (κ2) is 9.77. The molecule has 154 valence electrons. The van der Waals surface area contributed by atoms with E-state index in [0.717, 1.165) is 24.3 Å². The van der Waals surface area contributed by atoms with Gasteiger partial charge in [0.25, 0.3) is 5.91 Å². The molecule has 1 aliphatic heterocycles. The third-order valence-corrected chi connectivity index (χ3v) is 4.74. The fourth-order valence-electron chi connectivity index (χ4n) is 3.18. The largest absolute Gasteiger partial charge is 0.497 e. The van der Waals surface area contributed by atoms with Crippen molar-refractivity contribution < 1.29 is 19.1 Å². The van der Waals surface area contributed by atoms with Crippen LogP contribution in [0, 0.1) is 0 Å². The lowest BCUT2D eigenvalue weighted by Gasteiger charge is -2.32. The molecule has 2 N–H and O–H groups in total. The molecule has 29 heavy (non-hydrogen) atoms. The fourth-order valence-corrected chi connectivity index (χ4v) is 3.18. The number of methoxy groups -OCH3 is 1. The van der Waals surface area contributed by atoms with Gasteiger partial charge in [0.2, 0.25) is 0 Å². The molecule has 1 aromatic heterocycles. The molecule has 0 unspecified atom stereocenters. The zero-order valence-corrected chi connectivity index (χ0v) is 16.7. The molecular formula is C21H26N4O4. The number of likely N-dealkylation sites (tertiary alicyclic amines) is 1. The zero-order valence-electron chi connectivity index (χ0n) is 16.7. The summed E-state index contributed by atoms with van der Waals surface area (Å²) in [5, 5.41) is 6.26. The van der Waals surface area contributed by atoms with E-state index in [9.17, 15) is 9.59 Å². The van der Waals surface area contributed by atoms with Gasteiger partial charge in [-0.2, -0.15) is 0 Å². The van der Waals surface area contributed by atoms with E-state index in [-0.39, 0.29) is 18.0 Å². The van der Waals surface area contributed by atoms with Crippen molar-refractivity contribution in [1.82, 2.24) is 9.88 Å². The lowest BCUT2D eigenvalue weighted by molar-refractivity contribution is 0.0981. The minimum absolute atomic E-state index is 0.211. The number of benzene rings is 1. The predicted molar refractivity (Wildman–Crippen MR) is 110 cm³/mol. The van der Waals surface area contributed by atoms with Crippen LogP contribution in [0.2, 0.25) is 0 Å². The lowest BCUT2D eigenvalue weighted by atomic mass is 10.1. The van der Waals surface area contributed by atoms with Crippen LogP contribution in [-0.2, 0) is 4.74 Å². The minimum Gasteiger partial charge on any atom is -0.497 e. The third-order valence-electron chi connectivity index (χ3n) is 4.74. The van der Waals surface area contributed by atoms with Crippen molar-refractivity contribution >= 4 is 23.4 Å². The Morgan fingerprint density at radius 1 is 1.14 bits per heavy atom. The molecule has 2 heterocycles. The Labute approximate surface area is 170 Å². The molecule has 2 amide bonds. The Morgan fingerprint density at radius 2 is 1.86 bits per heavy atom. The number of nitrogens with zero attached hydrogens (tertiary/aromatic N) is 2. The summed E-state index contributed by atoms with van der Waals surface area (Å²) in [5.41, 5.74) is 1.93. The maximum absolute atomic E-state index is 12.5. The highest BCUT2D eigenvalue weighted by Crippen LogP contribution is 2.19. The summed E-state index contributed by atoms with van der Waals surface area (Å²) < 4.78 is 10.2. The summed E-state index contributed by atoms with van der Waals surface area (Å²) in [4.78, 5) is 30.2. The SMILES string of the molecule is CCOC(=O)N1CCC(Nc2cncc(C(=O)Nc3ccc(OC)cc3)c2)CC1. The number of ether oxygens (including phenoxy) is 2. The molecule has 8 heteroatoms. The predicted octanol–water partition coefficient (Wildman–Crippen LogP) is 3.38. The molecule has 0 radical (unpaired) electrons. The quantitative estimate of drug-likeness (QED) is 0.775. The van der Waals surface area contributed by atoms with Crippen LogP contribution in [0.5, 0.6) is 5.75 Å². The molecule has 1 aliphatic rings. The van der Waals surface area contributed by atoms with Gasteiger partial charge in [0.15, 0.2) is 0 Å². The summed E-state index contributed by atoms with van der Waals surface area (Å²) in [7, 11) is 1.60. The molecule has 2 aromatic rings. The molecule has 0 bridgehead atoms. The monoisotopic (exact) mass is 398 g/mol. The Morgan fingerprint density at radius 3 is 2.52 bits per heavy atom. The number of hydrogen-bond donors (Lipinski definition) is 2. The van der Waals surface area contributed by atoms with E-state index >= 15 is 0 Å². The fraction of sp³-hybridized carbons (Fsp3) is 0.381. The maximum Gasteiger partial charge on any atom is 0.409 e. The summed E-state index contributed by atoms with van der Waals surface area (Å²) in [6, 6.07) is 9.13. The van der Waals surface area contributed by atoms with Gasteiger partial charge in [-0.05, 0) is 50.1 Å². The Balaban J connectivity index is 1.55. The van der Waals surface area contributed by atoms with Gasteiger partial charge >= 0.3 is 6.09 Å². The van der Waals surface area contributed by atoms with E-state index < -0.39 is 0 Å². The average Bonchev–Trinajstić information content (AvgIpc) is 2.75. The molecule has 0 spiro atoms. The Hall–Kier alpha value is -3.29. The topological polar surface area (TPSA) is 92.8 Å². The second-order valence-electron chi connectivity index (χ2n) is 6.75. The first-order valence-electron chi connectivity index (χ1n) is 9.67. The Bertz CT molecular complexity index is 833. The molecule has 3 rings (SSSR count). The number of aromatic nitrogens is 1. The summed E-state index contributed by atoms with van der Waals surface area (Å²) in [6.45, 7) is 3.47. The lowest BCUT2D eigenvalue weighted by Crippen LogP contribution is -2.42. The van der Waals surface area contributed by atoms with E-state index in [1.807, 2.05) is 0 Å². The molecule has 0 aliphatic carbocycles. The van der Waals surface area contributed by atoms with Crippen molar-refractivity contribution in [3.8, 4) is 5.75 Å². The minimum atomic E-state index is -0.259. The van der Waals surface area contributed by atoms with E-state index in [1.54, 1.807) is 55.5 Å². The number of rotatable bonds is 6.